The molecule has 0 bridgehead atoms. The molecule has 0 fully saturated rings. The lowest BCUT2D eigenvalue weighted by molar-refractivity contribution is -0.118. The van der Waals surface area contributed by atoms with Gasteiger partial charge in [0.05, 0.1) is 32.7 Å². The second-order valence-electron chi connectivity index (χ2n) is 8.33. The first kappa shape index (κ1) is 28.2. The van der Waals surface area contributed by atoms with Crippen molar-refractivity contribution in [2.24, 2.45) is 5.10 Å². The molecule has 3 aromatic carbocycles. The molecule has 11 nitrogen and oxygen atoms in total. The van der Waals surface area contributed by atoms with Gasteiger partial charge < -0.3 is 24.5 Å². The Balaban J connectivity index is 1.39. The summed E-state index contributed by atoms with van der Waals surface area (Å²) in [4.78, 5) is 24.2. The summed E-state index contributed by atoms with van der Waals surface area (Å²) in [7, 11) is 2.76. The summed E-state index contributed by atoms with van der Waals surface area (Å²) in [6.07, 6.45) is 2.98. The van der Waals surface area contributed by atoms with E-state index >= 15 is 0 Å². The van der Waals surface area contributed by atoms with E-state index < -0.39 is 11.9 Å². The standard InChI is InChI=1S/C28H28N6O5S/c1-4-14-34-23(16-29-21-11-7-9-18-8-5-6-10-20(18)21)31-33-28(34)40-17-24(35)32-30-15-19-12-13-22(38-2)26(39-3)25(19)27(36)37/h4-13,15,29H,1,14,16-17H2,2-3H3,(H,32,35)(H,36,37). The maximum absolute atomic E-state index is 12.5. The Morgan fingerprint density at radius 3 is 2.65 bits per heavy atom. The van der Waals surface area contributed by atoms with Crippen molar-refractivity contribution >= 4 is 46.3 Å². The molecule has 3 N–H and O–H groups in total. The zero-order chi connectivity index (χ0) is 28.5. The van der Waals surface area contributed by atoms with Gasteiger partial charge in [-0.25, -0.2) is 10.2 Å². The van der Waals surface area contributed by atoms with Gasteiger partial charge in [0, 0.05) is 23.2 Å². The highest BCUT2D eigenvalue weighted by molar-refractivity contribution is 7.99. The fourth-order valence-electron chi connectivity index (χ4n) is 4.03. The number of ether oxygens (including phenoxy) is 2. The first-order valence-electron chi connectivity index (χ1n) is 12.1. The van der Waals surface area contributed by atoms with Crippen molar-refractivity contribution in [2.45, 2.75) is 18.2 Å². The Morgan fingerprint density at radius 2 is 1.90 bits per heavy atom. The fourth-order valence-corrected chi connectivity index (χ4v) is 4.79. The number of benzene rings is 3. The SMILES string of the molecule is C=CCn1c(CNc2cccc3ccccc23)nnc1SCC(=O)NN=Cc1ccc(OC)c(OC)c1C(=O)O. The van der Waals surface area contributed by atoms with Crippen molar-refractivity contribution in [3.8, 4) is 11.5 Å². The molecule has 0 atom stereocenters. The van der Waals surface area contributed by atoms with E-state index in [1.807, 2.05) is 28.8 Å². The van der Waals surface area contributed by atoms with Gasteiger partial charge in [0.15, 0.2) is 22.5 Å². The number of fused-ring (bicyclic) bond motifs is 1. The number of hydrazone groups is 1. The van der Waals surface area contributed by atoms with Crippen molar-refractivity contribution in [2.75, 3.05) is 25.3 Å². The molecule has 0 unspecified atom stereocenters. The maximum atomic E-state index is 12.5. The van der Waals surface area contributed by atoms with Crippen molar-refractivity contribution < 1.29 is 24.2 Å². The number of allylic oxidation sites excluding steroid dienone is 1. The Morgan fingerprint density at radius 1 is 1.10 bits per heavy atom. The molecule has 0 aliphatic carbocycles. The van der Waals surface area contributed by atoms with Crippen LogP contribution in [0.15, 0.2) is 77.5 Å². The van der Waals surface area contributed by atoms with Crippen LogP contribution < -0.4 is 20.2 Å². The molecule has 0 spiro atoms. The second kappa shape index (κ2) is 13.3. The molecule has 0 aliphatic rings. The third-order valence-electron chi connectivity index (χ3n) is 5.85. The summed E-state index contributed by atoms with van der Waals surface area (Å²) < 4.78 is 12.2. The molecule has 12 heteroatoms. The number of hydrogen-bond donors (Lipinski definition) is 3. The minimum Gasteiger partial charge on any atom is -0.493 e. The highest BCUT2D eigenvalue weighted by atomic mass is 32.2. The highest BCUT2D eigenvalue weighted by Gasteiger charge is 2.20. The average Bonchev–Trinajstić information content (AvgIpc) is 3.35. The number of thioether (sulfide) groups is 1. The van der Waals surface area contributed by atoms with E-state index in [4.69, 9.17) is 9.47 Å². The van der Waals surface area contributed by atoms with Crippen molar-refractivity contribution in [1.29, 1.82) is 0 Å². The van der Waals surface area contributed by atoms with Crippen LogP contribution in [0.2, 0.25) is 0 Å². The number of carbonyl (C=O) groups excluding carboxylic acids is 1. The Kier molecular flexibility index (Phi) is 9.36. The molecular formula is C28H28N6O5S. The van der Waals surface area contributed by atoms with Gasteiger partial charge in [0.1, 0.15) is 5.56 Å². The quantitative estimate of drug-likeness (QED) is 0.0950. The van der Waals surface area contributed by atoms with E-state index in [1.54, 1.807) is 12.1 Å². The minimum atomic E-state index is -1.22. The van der Waals surface area contributed by atoms with E-state index in [9.17, 15) is 14.7 Å². The second-order valence-corrected chi connectivity index (χ2v) is 9.27. The number of carbonyl (C=O) groups is 2. The average molecular weight is 561 g/mol. The van der Waals surface area contributed by atoms with Crippen LogP contribution in [0, 0.1) is 0 Å². The van der Waals surface area contributed by atoms with Gasteiger partial charge in [-0.05, 0) is 23.6 Å². The van der Waals surface area contributed by atoms with Gasteiger partial charge in [-0.15, -0.1) is 16.8 Å². The number of rotatable bonds is 13. The molecule has 0 saturated carbocycles. The molecule has 206 valence electrons. The summed E-state index contributed by atoms with van der Waals surface area (Å²) in [5, 5.41) is 28.3. The summed E-state index contributed by atoms with van der Waals surface area (Å²) >= 11 is 1.20. The molecule has 0 radical (unpaired) electrons. The van der Waals surface area contributed by atoms with Crippen LogP contribution in [0.3, 0.4) is 0 Å². The third-order valence-corrected chi connectivity index (χ3v) is 6.82. The molecule has 4 rings (SSSR count). The van der Waals surface area contributed by atoms with Crippen molar-refractivity contribution in [3.63, 3.8) is 0 Å². The van der Waals surface area contributed by atoms with Crippen molar-refractivity contribution in [3.05, 3.63) is 84.2 Å². The molecule has 0 saturated heterocycles. The molecule has 40 heavy (non-hydrogen) atoms. The number of hydrogen-bond acceptors (Lipinski definition) is 9. The van der Waals surface area contributed by atoms with Crippen LogP contribution in [0.25, 0.3) is 10.8 Å². The number of anilines is 1. The number of carboxylic acid groups (broad SMARTS) is 1. The molecular weight excluding hydrogens is 532 g/mol. The van der Waals surface area contributed by atoms with Crippen LogP contribution >= 0.6 is 11.8 Å². The van der Waals surface area contributed by atoms with E-state index in [2.05, 4.69) is 50.8 Å². The van der Waals surface area contributed by atoms with E-state index in [0.717, 1.165) is 16.5 Å². The lowest BCUT2D eigenvalue weighted by atomic mass is 10.1. The van der Waals surface area contributed by atoms with Gasteiger partial charge in [-0.2, -0.15) is 5.10 Å². The molecule has 0 aliphatic heterocycles. The summed E-state index contributed by atoms with van der Waals surface area (Å²) in [5.74, 6) is -0.570. The van der Waals surface area contributed by atoms with E-state index in [0.29, 0.717) is 24.1 Å². The van der Waals surface area contributed by atoms with Crippen LogP contribution in [-0.2, 0) is 17.9 Å². The van der Waals surface area contributed by atoms with Crippen LogP contribution in [0.1, 0.15) is 21.7 Å². The Labute approximate surface area is 234 Å². The topological polar surface area (TPSA) is 140 Å². The predicted molar refractivity (Wildman–Crippen MR) is 154 cm³/mol. The third kappa shape index (κ3) is 6.41. The van der Waals surface area contributed by atoms with Gasteiger partial charge in [0.2, 0.25) is 0 Å². The first-order chi connectivity index (χ1) is 19.5. The number of carboxylic acids is 1. The Bertz CT molecular complexity index is 1560. The van der Waals surface area contributed by atoms with Crippen LogP contribution in [0.5, 0.6) is 11.5 Å². The van der Waals surface area contributed by atoms with E-state index in [1.165, 1.54) is 38.3 Å². The Hall–Kier alpha value is -4.84. The lowest BCUT2D eigenvalue weighted by Crippen LogP contribution is -2.20. The molecule has 4 aromatic rings. The van der Waals surface area contributed by atoms with E-state index in [-0.39, 0.29) is 28.4 Å². The zero-order valence-electron chi connectivity index (χ0n) is 22.0. The predicted octanol–water partition coefficient (Wildman–Crippen LogP) is 4.19. The van der Waals surface area contributed by atoms with Gasteiger partial charge >= 0.3 is 5.97 Å². The number of methoxy groups -OCH3 is 2. The monoisotopic (exact) mass is 560 g/mol. The number of aromatic carboxylic acids is 1. The maximum Gasteiger partial charge on any atom is 0.340 e. The first-order valence-corrected chi connectivity index (χ1v) is 13.1. The number of nitrogens with zero attached hydrogens (tertiary/aromatic N) is 4. The fraction of sp³-hybridized carbons (Fsp3) is 0.179. The molecule has 1 aromatic heterocycles. The summed E-state index contributed by atoms with van der Waals surface area (Å²) in [6, 6.07) is 17.3. The largest absolute Gasteiger partial charge is 0.493 e. The van der Waals surface area contributed by atoms with Crippen molar-refractivity contribution in [1.82, 2.24) is 20.2 Å². The zero-order valence-corrected chi connectivity index (χ0v) is 22.8. The molecule has 1 amide bonds. The summed E-state index contributed by atoms with van der Waals surface area (Å²) in [5.41, 5.74) is 3.51. The smallest absolute Gasteiger partial charge is 0.340 e. The lowest BCUT2D eigenvalue weighted by Gasteiger charge is -2.12. The number of aromatic nitrogens is 3. The normalized spacial score (nSPS) is 10.9. The van der Waals surface area contributed by atoms with Gasteiger partial charge in [-0.1, -0.05) is 54.2 Å². The summed E-state index contributed by atoms with van der Waals surface area (Å²) in [6.45, 7) is 4.73. The number of nitrogens with one attached hydrogen (secondary N) is 2. The molecule has 1 heterocycles. The van der Waals surface area contributed by atoms with Gasteiger partial charge in [-0.3, -0.25) is 4.79 Å². The number of amides is 1. The minimum absolute atomic E-state index is 0.0150. The van der Waals surface area contributed by atoms with Gasteiger partial charge in [0.25, 0.3) is 5.91 Å². The highest BCUT2D eigenvalue weighted by Crippen LogP contribution is 2.33. The van der Waals surface area contributed by atoms with Crippen LogP contribution in [0.4, 0.5) is 5.69 Å². The van der Waals surface area contributed by atoms with Crippen LogP contribution in [-0.4, -0.2) is 57.9 Å².